The van der Waals surface area contributed by atoms with Crippen LogP contribution in [0.15, 0.2) is 303 Å². The molecule has 8 aromatic carbocycles. The van der Waals surface area contributed by atoms with Gasteiger partial charge in [-0.2, -0.15) is 5.10 Å². The minimum absolute atomic E-state index is 0.296. The molecule has 0 amide bonds. The fraction of sp³-hybridized carbons (Fsp3) is 0.167. The van der Waals surface area contributed by atoms with Crippen LogP contribution in [0.4, 0.5) is 23.3 Å². The first-order valence-corrected chi connectivity index (χ1v) is 43.0. The van der Waals surface area contributed by atoms with E-state index in [-0.39, 0.29) is 0 Å². The van der Waals surface area contributed by atoms with Gasteiger partial charge in [-0.25, -0.2) is 64.5 Å². The van der Waals surface area contributed by atoms with Crippen LogP contribution in [0.2, 0.25) is 0 Å². The summed E-state index contributed by atoms with van der Waals surface area (Å²) >= 11 is 0. The van der Waals surface area contributed by atoms with Crippen LogP contribution in [0, 0.1) is 11.8 Å². The van der Waals surface area contributed by atoms with Crippen molar-refractivity contribution in [2.45, 2.75) is 81.6 Å². The highest BCUT2D eigenvalue weighted by Gasteiger charge is 2.37. The second-order valence-corrected chi connectivity index (χ2v) is 33.3. The number of anilines is 4. The minimum Gasteiger partial charge on any atom is -0.383 e. The number of pyridine rings is 4. The molecule has 0 bridgehead atoms. The number of allylic oxidation sites excluding steroid dienone is 1. The van der Waals surface area contributed by atoms with Crippen molar-refractivity contribution in [3.8, 4) is 90.1 Å². The quantitative estimate of drug-likeness (QED) is 0.0275. The smallest absolute Gasteiger partial charge is 0.164 e. The van der Waals surface area contributed by atoms with Gasteiger partial charge in [-0.3, -0.25) is 13.2 Å². The molecule has 4 aliphatic rings. The van der Waals surface area contributed by atoms with Gasteiger partial charge in [-0.05, 0) is 130 Å². The molecule has 0 atom stereocenters. The lowest BCUT2D eigenvalue weighted by Crippen LogP contribution is -2.29. The van der Waals surface area contributed by atoms with Gasteiger partial charge in [0, 0.05) is 132 Å². The maximum Gasteiger partial charge on any atom is 0.164 e. The molecule has 4 aliphatic carbocycles. The number of hydrogen-bond acceptors (Lipinski definition) is 19. The second-order valence-electron chi connectivity index (χ2n) is 33.3. The first kappa shape index (κ1) is 78.3. The van der Waals surface area contributed by atoms with Crippen molar-refractivity contribution in [2.24, 2.45) is 22.7 Å². The Bertz CT molecular complexity index is 7650. The molecule has 4 saturated carbocycles. The summed E-state index contributed by atoms with van der Waals surface area (Å²) in [5, 5.41) is 13.8. The summed E-state index contributed by atoms with van der Waals surface area (Å²) in [4.78, 5) is 59.4. The van der Waals surface area contributed by atoms with E-state index < -0.39 is 0 Å². The van der Waals surface area contributed by atoms with Crippen molar-refractivity contribution in [2.75, 3.05) is 36.0 Å². The molecule has 0 unspecified atom stereocenters. The zero-order chi connectivity index (χ0) is 85.8. The summed E-state index contributed by atoms with van der Waals surface area (Å²) in [5.41, 5.74) is 63.4. The molecule has 20 aromatic rings. The number of hydrogen-bond donors (Lipinski definition) is 5. The normalized spacial score (nSPS) is 16.1. The highest BCUT2D eigenvalue weighted by Crippen LogP contribution is 2.48. The molecular formula is C102H87N25. The van der Waals surface area contributed by atoms with E-state index in [2.05, 4.69) is 219 Å². The highest BCUT2D eigenvalue weighted by atomic mass is 15.3. The molecule has 12 aromatic heterocycles. The van der Waals surface area contributed by atoms with Crippen molar-refractivity contribution in [3.63, 3.8) is 0 Å². The van der Waals surface area contributed by atoms with Crippen LogP contribution in [0.1, 0.15) is 99.1 Å². The van der Waals surface area contributed by atoms with Gasteiger partial charge in [-0.1, -0.05) is 211 Å². The second kappa shape index (κ2) is 33.3. The van der Waals surface area contributed by atoms with E-state index in [1.54, 1.807) is 18.6 Å². The third-order valence-electron chi connectivity index (χ3n) is 25.3. The minimum atomic E-state index is 0.296. The molecular weight excluding hydrogens is 1580 g/mol. The maximum atomic E-state index is 8.59. The molecule has 10 N–H and O–H groups in total. The van der Waals surface area contributed by atoms with E-state index in [1.165, 1.54) is 18.3 Å². The number of benzene rings is 8. The third kappa shape index (κ3) is 15.1. The van der Waals surface area contributed by atoms with Gasteiger partial charge >= 0.3 is 0 Å². The van der Waals surface area contributed by atoms with Crippen molar-refractivity contribution in [3.05, 3.63) is 326 Å². The van der Waals surface area contributed by atoms with Gasteiger partial charge in [0.05, 0.1) is 56.3 Å². The molecule has 620 valence electrons. The summed E-state index contributed by atoms with van der Waals surface area (Å²) in [6.07, 6.45) is 22.0. The molecule has 0 spiro atoms. The lowest BCUT2D eigenvalue weighted by molar-refractivity contribution is 0.262. The number of nitrogens with two attached hydrogens (primary N) is 5. The summed E-state index contributed by atoms with van der Waals surface area (Å²) in [7, 11) is 0. The Morgan fingerprint density at radius 2 is 0.740 bits per heavy atom. The number of nitrogen functional groups attached to an aromatic ring is 4. The van der Waals surface area contributed by atoms with Crippen molar-refractivity contribution in [1.29, 1.82) is 0 Å². The summed E-state index contributed by atoms with van der Waals surface area (Å²) in [6.45, 7) is 5.35. The lowest BCUT2D eigenvalue weighted by atomic mass is 9.74. The van der Waals surface area contributed by atoms with Crippen molar-refractivity contribution >= 4 is 94.5 Å². The van der Waals surface area contributed by atoms with Crippen molar-refractivity contribution in [1.82, 2.24) is 82.8 Å². The Hall–Kier alpha value is -16.0. The largest absolute Gasteiger partial charge is 0.383 e. The average Bonchev–Trinajstić information content (AvgIpc) is 1.61. The standard InChI is InChI=1S/C26H22N8.C26H24N6.C26H21N5.C24H20N6/c27-25-24-23(32-26(34(24)11-10-29-25)20-12-16(13-20)15-30-33-28)19-7-6-18-8-9-21(31-22(18)14-19)17-4-2-1-3-5-17;27-15-16-12-20(13-16)26-31-23(24-25(28)29-10-11-32(24)26)19-7-6-18-8-9-21(30-22(18)14-19)17-4-2-1-3-5-17;1-16-13-20(14-16)26-30-23(24-25(27)28-11-12-31(24)26)19-8-7-18-9-10-21(29-22(18)15-19)17-5-3-2-4-6-17;25-23-21-22(29-30(18-7-4-8-18)24(21)27-14-26-23)17-10-9-16-11-12-19(28-20(16)13-17)15-5-2-1-3-6-15/h1-11,14,16,20H,12-13,15H2,(H2,27,29);1-11,14,16,20H,12-13,15,27H2,(H2,28,29);2-12,15,20H,1,13-14H2,(H2,27,28);1-3,5-6,9-14,18H,4,7-8H2,(H2,25,26,27). The van der Waals surface area contributed by atoms with Crippen LogP contribution >= 0.6 is 0 Å². The number of rotatable bonds is 15. The summed E-state index contributed by atoms with van der Waals surface area (Å²) < 4.78 is 8.29. The molecule has 0 radical (unpaired) electrons. The molecule has 24 rings (SSSR count). The molecule has 127 heavy (non-hydrogen) atoms. The van der Waals surface area contributed by atoms with E-state index in [1.807, 2.05) is 102 Å². The average molecular weight is 1660 g/mol. The SMILES string of the molecule is C=C1CC(c2nc(-c3ccc4ccc(-c5ccccc5)nc4c3)c3c(N)nccn23)C1.NCC1CC(c2nc(-c3ccc4ccc(-c5ccccc5)nc4c3)c3c(N)nccn23)C1.Nc1ncnc2c1c(-c1ccc3ccc(-c4ccccc4)nc3c1)nn2C1CCC1.[N-]=[N+]=NCC1CC(c2nc(-c3ccc4ccc(-c5ccccc5)nc4c3)c3c(N)nccn23)C1. The molecule has 0 aliphatic heterocycles. The van der Waals surface area contributed by atoms with Gasteiger partial charge < -0.3 is 28.7 Å². The molecule has 25 nitrogen and oxygen atoms in total. The van der Waals surface area contributed by atoms with Gasteiger partial charge in [0.1, 0.15) is 86.4 Å². The zero-order valence-corrected chi connectivity index (χ0v) is 69.4. The molecule has 0 saturated heterocycles. The number of imidazole rings is 3. The number of fused-ring (bicyclic) bond motifs is 8. The molecule has 25 heteroatoms. The van der Waals surface area contributed by atoms with Gasteiger partial charge in [0.25, 0.3) is 0 Å². The first-order chi connectivity index (χ1) is 62.4. The van der Waals surface area contributed by atoms with Gasteiger partial charge in [-0.15, -0.1) is 0 Å². The first-order valence-electron chi connectivity index (χ1n) is 43.0. The predicted octanol–water partition coefficient (Wildman–Crippen LogP) is 21.3. The number of nitrogens with zero attached hydrogens (tertiary/aromatic N) is 20. The molecule has 12 heterocycles. The third-order valence-corrected chi connectivity index (χ3v) is 25.3. The predicted molar refractivity (Wildman–Crippen MR) is 505 cm³/mol. The summed E-state index contributed by atoms with van der Waals surface area (Å²) in [6, 6.07) is 82.9. The monoisotopic (exact) mass is 1660 g/mol. The van der Waals surface area contributed by atoms with Crippen LogP contribution in [-0.4, -0.2) is 95.9 Å². The van der Waals surface area contributed by atoms with Crippen LogP contribution in [0.3, 0.4) is 0 Å². The highest BCUT2D eigenvalue weighted by molar-refractivity contribution is 6.01. The van der Waals surface area contributed by atoms with Gasteiger partial charge in [0.15, 0.2) is 5.65 Å². The maximum absolute atomic E-state index is 8.59. The Morgan fingerprint density at radius 3 is 1.09 bits per heavy atom. The van der Waals surface area contributed by atoms with E-state index >= 15 is 0 Å². The van der Waals surface area contributed by atoms with E-state index in [9.17, 15) is 0 Å². The van der Waals surface area contributed by atoms with Crippen LogP contribution in [0.5, 0.6) is 0 Å². The van der Waals surface area contributed by atoms with Crippen molar-refractivity contribution < 1.29 is 0 Å². The fourth-order valence-electron chi connectivity index (χ4n) is 18.2. The molecule has 4 fully saturated rings. The number of azide groups is 1. The zero-order valence-electron chi connectivity index (χ0n) is 69.4. The fourth-order valence-corrected chi connectivity index (χ4v) is 18.2. The van der Waals surface area contributed by atoms with Crippen LogP contribution < -0.4 is 28.7 Å². The van der Waals surface area contributed by atoms with E-state index in [4.69, 9.17) is 74.2 Å². The Balaban J connectivity index is 0.000000103. The Kier molecular flexibility index (Phi) is 20.6. The topological polar surface area (TPSA) is 365 Å². The Labute approximate surface area is 729 Å². The van der Waals surface area contributed by atoms with Gasteiger partial charge in [0.2, 0.25) is 0 Å². The van der Waals surface area contributed by atoms with E-state index in [0.29, 0.717) is 65.4 Å². The van der Waals surface area contributed by atoms with Crippen LogP contribution in [0.25, 0.3) is 172 Å². The Morgan fingerprint density at radius 1 is 0.386 bits per heavy atom. The summed E-state index contributed by atoms with van der Waals surface area (Å²) in [5.74, 6) is 6.98. The van der Waals surface area contributed by atoms with Crippen LogP contribution in [-0.2, 0) is 0 Å². The lowest BCUT2D eigenvalue weighted by Gasteiger charge is -2.33. The number of aromatic nitrogens is 17. The van der Waals surface area contributed by atoms with E-state index in [0.717, 1.165) is 237 Å².